The van der Waals surface area contributed by atoms with Gasteiger partial charge < -0.3 is 20.1 Å². The van der Waals surface area contributed by atoms with Gasteiger partial charge in [-0.05, 0) is 45.0 Å². The molecule has 0 aliphatic heterocycles. The third-order valence-electron chi connectivity index (χ3n) is 4.36. The van der Waals surface area contributed by atoms with Crippen LogP contribution in [0.4, 0.5) is 11.5 Å². The van der Waals surface area contributed by atoms with Gasteiger partial charge in [-0.3, -0.25) is 4.79 Å². The number of nitrogens with one attached hydrogen (secondary N) is 1. The van der Waals surface area contributed by atoms with Crippen molar-refractivity contribution in [2.75, 3.05) is 29.8 Å². The Balaban J connectivity index is 1.65. The zero-order valence-corrected chi connectivity index (χ0v) is 20.1. The van der Waals surface area contributed by atoms with E-state index in [9.17, 15) is 4.79 Å². The number of hydrogen-bond donors (Lipinski definition) is 2. The van der Waals surface area contributed by atoms with Gasteiger partial charge in [0.15, 0.2) is 19.9 Å². The van der Waals surface area contributed by atoms with Crippen molar-refractivity contribution in [3.05, 3.63) is 66.0 Å². The van der Waals surface area contributed by atoms with Crippen LogP contribution in [0.5, 0.6) is 0 Å². The first-order chi connectivity index (χ1) is 15.5. The van der Waals surface area contributed by atoms with Gasteiger partial charge in [-0.25, -0.2) is 9.97 Å². The van der Waals surface area contributed by atoms with E-state index in [2.05, 4.69) is 15.3 Å². The summed E-state index contributed by atoms with van der Waals surface area (Å²) in [4.78, 5) is 22.4. The minimum absolute atomic E-state index is 0.0886. The highest BCUT2D eigenvalue weighted by Crippen LogP contribution is 2.43. The smallest absolute Gasteiger partial charge is 0.278 e. The lowest BCUT2D eigenvalue weighted by molar-refractivity contribution is 0.102. The van der Waals surface area contributed by atoms with Crippen molar-refractivity contribution in [1.82, 2.24) is 9.97 Å². The lowest BCUT2D eigenvalue weighted by Crippen LogP contribution is -2.17. The van der Waals surface area contributed by atoms with Crippen molar-refractivity contribution in [2.45, 2.75) is 25.7 Å². The first kappa shape index (κ1) is 24.1. The third-order valence-corrected chi connectivity index (χ3v) is 7.42. The topological polar surface area (TPSA) is 99.4 Å². The number of benzene rings is 2. The number of rotatable bonds is 10. The van der Waals surface area contributed by atoms with Crippen LogP contribution < -0.4 is 11.1 Å². The number of carbonyl (C=O) groups is 1. The molecule has 1 heterocycles. The van der Waals surface area contributed by atoms with Crippen LogP contribution in [0.3, 0.4) is 0 Å². The van der Waals surface area contributed by atoms with E-state index in [1.54, 1.807) is 18.0 Å². The van der Waals surface area contributed by atoms with Crippen LogP contribution in [-0.2, 0) is 9.05 Å². The second kappa shape index (κ2) is 11.9. The number of nitrogen functional groups attached to an aromatic ring is 1. The Morgan fingerprint density at radius 2 is 1.72 bits per heavy atom. The minimum Gasteiger partial charge on any atom is -0.382 e. The average molecular weight is 471 g/mol. The molecule has 0 aliphatic carbocycles. The van der Waals surface area contributed by atoms with Crippen LogP contribution in [0.1, 0.15) is 29.9 Å². The number of nitrogens with two attached hydrogens (primary N) is 1. The van der Waals surface area contributed by atoms with Gasteiger partial charge in [0.2, 0.25) is 0 Å². The Bertz CT molecular complexity index is 1030. The van der Waals surface area contributed by atoms with Crippen LogP contribution in [0.15, 0.2) is 59.6 Å². The van der Waals surface area contributed by atoms with Crippen LogP contribution in [-0.4, -0.2) is 34.6 Å². The SMILES string of the molecule is CCOP(CSc1ccc(NC(=O)c2nc(-c3ccc(C)cc3)cnc2N)cc1)OCC. The van der Waals surface area contributed by atoms with E-state index < -0.39 is 14.3 Å². The molecule has 0 saturated heterocycles. The molecule has 32 heavy (non-hydrogen) atoms. The van der Waals surface area contributed by atoms with Crippen molar-refractivity contribution >= 4 is 37.5 Å². The minimum atomic E-state index is -0.900. The van der Waals surface area contributed by atoms with Crippen molar-refractivity contribution in [2.24, 2.45) is 0 Å². The predicted octanol–water partition coefficient (Wildman–Crippen LogP) is 5.72. The monoisotopic (exact) mass is 470 g/mol. The molecule has 3 aromatic rings. The Kier molecular flexibility index (Phi) is 9.00. The summed E-state index contributed by atoms with van der Waals surface area (Å²) in [5, 5.41) is 2.84. The molecule has 0 fully saturated rings. The number of amides is 1. The van der Waals surface area contributed by atoms with Crippen molar-refractivity contribution in [1.29, 1.82) is 0 Å². The van der Waals surface area contributed by atoms with Gasteiger partial charge in [-0.2, -0.15) is 0 Å². The summed E-state index contributed by atoms with van der Waals surface area (Å²) < 4.78 is 11.3. The highest BCUT2D eigenvalue weighted by molar-refractivity contribution is 8.04. The maximum atomic E-state index is 12.8. The molecule has 0 aliphatic rings. The van der Waals surface area contributed by atoms with Gasteiger partial charge >= 0.3 is 0 Å². The zero-order chi connectivity index (χ0) is 22.9. The van der Waals surface area contributed by atoms with Gasteiger partial charge in [-0.1, -0.05) is 29.8 Å². The van der Waals surface area contributed by atoms with Crippen molar-refractivity contribution in [3.8, 4) is 11.3 Å². The van der Waals surface area contributed by atoms with Crippen LogP contribution in [0.25, 0.3) is 11.3 Å². The number of hydrogen-bond acceptors (Lipinski definition) is 7. The standard InChI is InChI=1S/C23H27N4O3PS/c1-4-29-31(30-5-2)15-32-19-12-10-18(11-13-19)26-23(28)21-22(24)25-14-20(27-21)17-8-6-16(3)7-9-17/h6-14H,4-5,15H2,1-3H3,(H2,24,25)(H,26,28). The zero-order valence-electron chi connectivity index (χ0n) is 18.4. The third kappa shape index (κ3) is 6.74. The molecule has 0 spiro atoms. The predicted molar refractivity (Wildman–Crippen MR) is 132 cm³/mol. The maximum absolute atomic E-state index is 12.8. The van der Waals surface area contributed by atoms with E-state index >= 15 is 0 Å². The normalized spacial score (nSPS) is 11.0. The molecule has 7 nitrogen and oxygen atoms in total. The second-order valence-electron chi connectivity index (χ2n) is 6.78. The second-order valence-corrected chi connectivity index (χ2v) is 9.75. The molecule has 9 heteroatoms. The molecule has 0 unspecified atom stereocenters. The summed E-state index contributed by atoms with van der Waals surface area (Å²) in [5.41, 5.74) is 10.0. The molecule has 2 aromatic carbocycles. The molecule has 3 rings (SSSR count). The molecular weight excluding hydrogens is 443 g/mol. The Hall–Kier alpha value is -2.51. The highest BCUT2D eigenvalue weighted by atomic mass is 32.2. The molecule has 0 atom stereocenters. The van der Waals surface area contributed by atoms with E-state index in [4.69, 9.17) is 14.8 Å². The average Bonchev–Trinajstić information content (AvgIpc) is 2.79. The first-order valence-corrected chi connectivity index (χ1v) is 12.6. The molecule has 1 aromatic heterocycles. The molecule has 0 radical (unpaired) electrons. The molecule has 3 N–H and O–H groups in total. The molecule has 168 valence electrons. The fourth-order valence-corrected chi connectivity index (χ4v) is 5.37. The summed E-state index contributed by atoms with van der Waals surface area (Å²) in [5.74, 6) is -0.314. The van der Waals surface area contributed by atoms with E-state index in [0.717, 1.165) is 21.5 Å². The Morgan fingerprint density at radius 3 is 2.34 bits per heavy atom. The highest BCUT2D eigenvalue weighted by Gasteiger charge is 2.15. The Morgan fingerprint density at radius 1 is 1.06 bits per heavy atom. The lowest BCUT2D eigenvalue weighted by Gasteiger charge is -2.15. The van der Waals surface area contributed by atoms with Gasteiger partial charge in [-0.15, -0.1) is 11.8 Å². The summed E-state index contributed by atoms with van der Waals surface area (Å²) in [6.45, 7) is 7.20. The fourth-order valence-electron chi connectivity index (χ4n) is 2.78. The molecule has 1 amide bonds. The van der Waals surface area contributed by atoms with E-state index in [1.165, 1.54) is 0 Å². The number of nitrogens with zero attached hydrogens (tertiary/aromatic N) is 2. The van der Waals surface area contributed by atoms with Gasteiger partial charge in [0.25, 0.3) is 5.91 Å². The van der Waals surface area contributed by atoms with E-state index in [-0.39, 0.29) is 11.5 Å². The molecule has 0 saturated carbocycles. The summed E-state index contributed by atoms with van der Waals surface area (Å²) in [6.07, 6.45) is 1.57. The van der Waals surface area contributed by atoms with E-state index in [0.29, 0.717) is 24.6 Å². The van der Waals surface area contributed by atoms with Crippen molar-refractivity contribution < 1.29 is 13.8 Å². The summed E-state index contributed by atoms with van der Waals surface area (Å²) in [6, 6.07) is 15.4. The van der Waals surface area contributed by atoms with Crippen molar-refractivity contribution in [3.63, 3.8) is 0 Å². The lowest BCUT2D eigenvalue weighted by atomic mass is 10.1. The number of thioether (sulfide) groups is 1. The maximum Gasteiger partial charge on any atom is 0.278 e. The van der Waals surface area contributed by atoms with Crippen LogP contribution in [0.2, 0.25) is 0 Å². The van der Waals surface area contributed by atoms with Gasteiger partial charge in [0.05, 0.1) is 30.6 Å². The largest absolute Gasteiger partial charge is 0.382 e. The van der Waals surface area contributed by atoms with Crippen LogP contribution >= 0.6 is 20.1 Å². The first-order valence-electron chi connectivity index (χ1n) is 10.3. The number of carbonyl (C=O) groups excluding carboxylic acids is 1. The van der Waals surface area contributed by atoms with Gasteiger partial charge in [0.1, 0.15) is 0 Å². The summed E-state index contributed by atoms with van der Waals surface area (Å²) >= 11 is 1.66. The Labute approximate surface area is 194 Å². The molecular formula is C23H27N4O3PS. The number of anilines is 2. The quantitative estimate of drug-likeness (QED) is 0.289. The van der Waals surface area contributed by atoms with E-state index in [1.807, 2.05) is 69.3 Å². The molecule has 0 bridgehead atoms. The number of aromatic nitrogens is 2. The van der Waals surface area contributed by atoms with Crippen LogP contribution in [0, 0.1) is 6.92 Å². The summed E-state index contributed by atoms with van der Waals surface area (Å²) in [7, 11) is -0.900. The fraction of sp³-hybridized carbons (Fsp3) is 0.261. The number of aryl methyl sites for hydroxylation is 1. The van der Waals surface area contributed by atoms with Gasteiger partial charge in [0, 0.05) is 16.1 Å².